The summed E-state index contributed by atoms with van der Waals surface area (Å²) in [4.78, 5) is 35.1. The Morgan fingerprint density at radius 2 is 1.76 bits per heavy atom. The number of hydrogen-bond donors (Lipinski definition) is 0. The van der Waals surface area contributed by atoms with E-state index in [1.54, 1.807) is 13.2 Å². The van der Waals surface area contributed by atoms with Gasteiger partial charge < -0.3 is 14.5 Å². The van der Waals surface area contributed by atoms with Crippen LogP contribution in [0.2, 0.25) is 0 Å². The fraction of sp³-hybridized carbons (Fsp3) is 0.519. The smallest absolute Gasteiger partial charge is 0.255 e. The van der Waals surface area contributed by atoms with Gasteiger partial charge >= 0.3 is 0 Å². The normalized spacial score (nSPS) is 17.6. The van der Waals surface area contributed by atoms with Crippen molar-refractivity contribution < 1.29 is 14.3 Å². The van der Waals surface area contributed by atoms with Crippen molar-refractivity contribution in [3.63, 3.8) is 0 Å². The number of methoxy groups -OCH3 is 1. The first kappa shape index (κ1) is 23.3. The van der Waals surface area contributed by atoms with Gasteiger partial charge in [-0.15, -0.1) is 0 Å². The monoisotopic (exact) mass is 449 g/mol. The van der Waals surface area contributed by atoms with E-state index in [0.717, 1.165) is 42.6 Å². The molecule has 2 aromatic rings. The summed E-state index contributed by atoms with van der Waals surface area (Å²) in [5.74, 6) is 0.972. The summed E-state index contributed by atoms with van der Waals surface area (Å²) in [5, 5.41) is 0. The molecular weight excluding hydrogens is 414 g/mol. The van der Waals surface area contributed by atoms with Gasteiger partial charge in [0.25, 0.3) is 11.8 Å². The van der Waals surface area contributed by atoms with E-state index in [0.29, 0.717) is 30.4 Å². The predicted octanol–water partition coefficient (Wildman–Crippen LogP) is 4.82. The molecule has 0 bridgehead atoms. The van der Waals surface area contributed by atoms with Gasteiger partial charge in [0.05, 0.1) is 18.4 Å². The maximum atomic E-state index is 13.4. The molecule has 2 fully saturated rings. The van der Waals surface area contributed by atoms with Gasteiger partial charge in [0, 0.05) is 43.4 Å². The highest BCUT2D eigenvalue weighted by molar-refractivity contribution is 5.96. The summed E-state index contributed by atoms with van der Waals surface area (Å²) in [6.45, 7) is 3.29. The zero-order valence-electron chi connectivity index (χ0n) is 20.0. The number of hydrogen-bond acceptors (Lipinski definition) is 4. The lowest BCUT2D eigenvalue weighted by Gasteiger charge is -2.34. The third-order valence-corrected chi connectivity index (χ3v) is 7.22. The summed E-state index contributed by atoms with van der Waals surface area (Å²) < 4.78 is 5.26. The second-order valence-electron chi connectivity index (χ2n) is 9.39. The lowest BCUT2D eigenvalue weighted by molar-refractivity contribution is 0.0680. The number of ether oxygens (including phenoxy) is 1. The maximum absolute atomic E-state index is 13.4. The summed E-state index contributed by atoms with van der Waals surface area (Å²) in [6.07, 6.45) is 7.44. The highest BCUT2D eigenvalue weighted by Crippen LogP contribution is 2.32. The van der Waals surface area contributed by atoms with Crippen LogP contribution in [0.1, 0.15) is 83.0 Å². The van der Waals surface area contributed by atoms with Gasteiger partial charge in [-0.3, -0.25) is 14.6 Å². The van der Waals surface area contributed by atoms with E-state index >= 15 is 0 Å². The van der Waals surface area contributed by atoms with Crippen molar-refractivity contribution in [3.8, 4) is 5.75 Å². The van der Waals surface area contributed by atoms with Gasteiger partial charge in [0.1, 0.15) is 5.75 Å². The Labute approximate surface area is 196 Å². The fourth-order valence-corrected chi connectivity index (χ4v) is 5.19. The average Bonchev–Trinajstić information content (AvgIpc) is 2.88. The van der Waals surface area contributed by atoms with Gasteiger partial charge in [-0.25, -0.2) is 0 Å². The molecule has 2 amide bonds. The highest BCUT2D eigenvalue weighted by atomic mass is 16.5. The summed E-state index contributed by atoms with van der Waals surface area (Å²) in [6, 6.07) is 11.5. The number of aryl methyl sites for hydroxylation is 1. The lowest BCUT2D eigenvalue weighted by atomic mass is 9.88. The van der Waals surface area contributed by atoms with E-state index in [-0.39, 0.29) is 17.7 Å². The van der Waals surface area contributed by atoms with Crippen LogP contribution in [0.3, 0.4) is 0 Å². The molecule has 1 aliphatic carbocycles. The quantitative estimate of drug-likeness (QED) is 0.656. The number of aromatic nitrogens is 1. The van der Waals surface area contributed by atoms with Crippen molar-refractivity contribution in [2.24, 2.45) is 0 Å². The zero-order valence-corrected chi connectivity index (χ0v) is 20.0. The molecule has 0 radical (unpaired) electrons. The number of piperidine rings is 1. The third-order valence-electron chi connectivity index (χ3n) is 7.22. The van der Waals surface area contributed by atoms with Gasteiger partial charge in [-0.05, 0) is 62.9 Å². The van der Waals surface area contributed by atoms with Gasteiger partial charge in [0.15, 0.2) is 0 Å². The van der Waals surface area contributed by atoms with Crippen molar-refractivity contribution >= 4 is 11.8 Å². The van der Waals surface area contributed by atoms with Gasteiger partial charge in [-0.2, -0.15) is 0 Å². The topological polar surface area (TPSA) is 62.7 Å². The van der Waals surface area contributed by atoms with Crippen molar-refractivity contribution in [2.75, 3.05) is 27.2 Å². The van der Waals surface area contributed by atoms with Crippen LogP contribution in [0.5, 0.6) is 5.75 Å². The highest BCUT2D eigenvalue weighted by Gasteiger charge is 2.31. The molecule has 176 valence electrons. The number of nitrogens with zero attached hydrogens (tertiary/aromatic N) is 3. The van der Waals surface area contributed by atoms with Crippen molar-refractivity contribution in [3.05, 3.63) is 58.9 Å². The second-order valence-corrected chi connectivity index (χ2v) is 9.39. The first-order valence-electron chi connectivity index (χ1n) is 12.2. The Kier molecular flexibility index (Phi) is 7.31. The number of carbonyl (C=O) groups excluding carboxylic acids is 2. The molecule has 0 N–H and O–H groups in total. The molecule has 2 heterocycles. The van der Waals surface area contributed by atoms with Crippen LogP contribution in [0.4, 0.5) is 0 Å². The molecule has 0 atom stereocenters. The van der Waals surface area contributed by atoms with E-state index in [1.807, 2.05) is 54.1 Å². The van der Waals surface area contributed by atoms with Crippen LogP contribution >= 0.6 is 0 Å². The largest absolute Gasteiger partial charge is 0.497 e. The maximum Gasteiger partial charge on any atom is 0.255 e. The molecule has 1 saturated carbocycles. The van der Waals surface area contributed by atoms with E-state index < -0.39 is 0 Å². The molecule has 0 unspecified atom stereocenters. The Balaban J connectivity index is 1.47. The number of benzene rings is 1. The molecule has 1 aromatic heterocycles. The molecule has 6 heteroatoms. The summed E-state index contributed by atoms with van der Waals surface area (Å²) in [7, 11) is 3.55. The SMILES string of the molecule is COc1cccc(C(=O)N2CCC(c3nc(C)ccc3C(=O)N(C)C3CCCCC3)CC2)c1. The summed E-state index contributed by atoms with van der Waals surface area (Å²) >= 11 is 0. The number of carbonyl (C=O) groups is 2. The van der Waals surface area contributed by atoms with E-state index in [9.17, 15) is 9.59 Å². The Hall–Kier alpha value is -2.89. The Bertz CT molecular complexity index is 992. The lowest BCUT2D eigenvalue weighted by Crippen LogP contribution is -2.40. The standard InChI is InChI=1S/C27H35N3O3/c1-19-12-13-24(27(32)29(2)22-9-5-4-6-10-22)25(28-19)20-14-16-30(17-15-20)26(31)21-8-7-11-23(18-21)33-3/h7-8,11-13,18,20,22H,4-6,9-10,14-17H2,1-3H3. The van der Waals surface area contributed by atoms with Crippen LogP contribution in [0.25, 0.3) is 0 Å². The number of amides is 2. The third kappa shape index (κ3) is 5.21. The summed E-state index contributed by atoms with van der Waals surface area (Å²) in [5.41, 5.74) is 3.20. The Morgan fingerprint density at radius 3 is 2.45 bits per heavy atom. The zero-order chi connectivity index (χ0) is 23.4. The van der Waals surface area contributed by atoms with Gasteiger partial charge in [-0.1, -0.05) is 25.3 Å². The predicted molar refractivity (Wildman–Crippen MR) is 129 cm³/mol. The number of rotatable bonds is 5. The van der Waals surface area contributed by atoms with Crippen molar-refractivity contribution in [1.29, 1.82) is 0 Å². The molecule has 0 spiro atoms. The van der Waals surface area contributed by atoms with Crippen LogP contribution in [-0.2, 0) is 0 Å². The first-order chi connectivity index (χ1) is 16.0. The fourth-order valence-electron chi connectivity index (χ4n) is 5.19. The average molecular weight is 450 g/mol. The number of likely N-dealkylation sites (tertiary alicyclic amines) is 1. The molecule has 2 aliphatic rings. The molecule has 4 rings (SSSR count). The molecule has 1 aliphatic heterocycles. The van der Waals surface area contributed by atoms with E-state index in [1.165, 1.54) is 19.3 Å². The molecule has 6 nitrogen and oxygen atoms in total. The molecule has 1 aromatic carbocycles. The van der Waals surface area contributed by atoms with Gasteiger partial charge in [0.2, 0.25) is 0 Å². The van der Waals surface area contributed by atoms with Crippen LogP contribution < -0.4 is 4.74 Å². The van der Waals surface area contributed by atoms with Crippen LogP contribution in [0, 0.1) is 6.92 Å². The Morgan fingerprint density at radius 1 is 1.03 bits per heavy atom. The minimum atomic E-state index is 0.0258. The van der Waals surface area contributed by atoms with Crippen molar-refractivity contribution in [1.82, 2.24) is 14.8 Å². The number of pyridine rings is 1. The first-order valence-corrected chi connectivity index (χ1v) is 12.2. The minimum Gasteiger partial charge on any atom is -0.497 e. The van der Waals surface area contributed by atoms with Crippen molar-refractivity contribution in [2.45, 2.75) is 63.8 Å². The second kappa shape index (κ2) is 10.4. The van der Waals surface area contributed by atoms with E-state index in [4.69, 9.17) is 9.72 Å². The molecule has 33 heavy (non-hydrogen) atoms. The van der Waals surface area contributed by atoms with E-state index in [2.05, 4.69) is 0 Å². The van der Waals surface area contributed by atoms with Crippen LogP contribution in [-0.4, -0.2) is 59.9 Å². The molecule has 1 saturated heterocycles. The molecular formula is C27H35N3O3. The minimum absolute atomic E-state index is 0.0258. The van der Waals surface area contributed by atoms with Crippen LogP contribution in [0.15, 0.2) is 36.4 Å².